The van der Waals surface area contributed by atoms with Crippen LogP contribution in [0.2, 0.25) is 5.02 Å². The zero-order valence-electron chi connectivity index (χ0n) is 12.4. The first-order valence-electron chi connectivity index (χ1n) is 7.21. The lowest BCUT2D eigenvalue weighted by molar-refractivity contribution is 0.249. The summed E-state index contributed by atoms with van der Waals surface area (Å²) in [5.41, 5.74) is 1.64. The topological polar surface area (TPSA) is 59.4 Å². The van der Waals surface area contributed by atoms with Crippen molar-refractivity contribution < 1.29 is 4.79 Å². The fourth-order valence-corrected chi connectivity index (χ4v) is 2.88. The highest BCUT2D eigenvalue weighted by atomic mass is 35.5. The molecule has 0 aromatic heterocycles. The summed E-state index contributed by atoms with van der Waals surface area (Å²) in [6.07, 6.45) is 2.14. The Morgan fingerprint density at radius 2 is 2.10 bits per heavy atom. The number of urea groups is 1. The van der Waals surface area contributed by atoms with Gasteiger partial charge in [0.05, 0.1) is 10.7 Å². The van der Waals surface area contributed by atoms with Crippen molar-refractivity contribution in [1.29, 1.82) is 5.41 Å². The molecule has 1 aliphatic rings. The smallest absolute Gasteiger partial charge is 0.328 e. The summed E-state index contributed by atoms with van der Waals surface area (Å²) >= 11 is 6.22. The molecule has 1 fully saturated rings. The Labute approximate surface area is 130 Å². The minimum Gasteiger partial charge on any atom is -0.343 e. The molecule has 1 aromatic rings. The number of hydrogen-bond donors (Lipinski definition) is 2. The van der Waals surface area contributed by atoms with Crippen LogP contribution in [0.3, 0.4) is 0 Å². The van der Waals surface area contributed by atoms with Gasteiger partial charge in [0.1, 0.15) is 0 Å². The van der Waals surface area contributed by atoms with Gasteiger partial charge in [0, 0.05) is 19.6 Å². The van der Waals surface area contributed by atoms with Crippen LogP contribution in [0.4, 0.5) is 10.5 Å². The van der Waals surface area contributed by atoms with Crippen molar-refractivity contribution in [2.24, 2.45) is 0 Å². The van der Waals surface area contributed by atoms with Crippen LogP contribution in [0.1, 0.15) is 25.3 Å². The molecule has 114 valence electrons. The number of guanidine groups is 1. The van der Waals surface area contributed by atoms with Gasteiger partial charge >= 0.3 is 6.03 Å². The second-order valence-electron chi connectivity index (χ2n) is 5.12. The molecule has 1 heterocycles. The number of nitrogens with one attached hydrogen (secondary N) is 2. The second-order valence-corrected chi connectivity index (χ2v) is 5.53. The quantitative estimate of drug-likeness (QED) is 0.651. The van der Waals surface area contributed by atoms with E-state index in [2.05, 4.69) is 5.32 Å². The average Bonchev–Trinajstić information content (AvgIpc) is 2.97. The number of carbonyl (C=O) groups excluding carboxylic acids is 1. The number of hydrogen-bond acceptors (Lipinski definition) is 2. The van der Waals surface area contributed by atoms with Gasteiger partial charge in [-0.25, -0.2) is 4.79 Å². The average molecular weight is 309 g/mol. The van der Waals surface area contributed by atoms with Crippen molar-refractivity contribution in [2.45, 2.75) is 26.7 Å². The van der Waals surface area contributed by atoms with E-state index in [0.29, 0.717) is 17.3 Å². The number of aryl methyl sites for hydroxylation is 1. The monoisotopic (exact) mass is 308 g/mol. The molecule has 1 aliphatic heterocycles. The number of para-hydroxylation sites is 1. The van der Waals surface area contributed by atoms with E-state index < -0.39 is 0 Å². The number of carbonyl (C=O) groups is 1. The third-order valence-corrected chi connectivity index (χ3v) is 3.97. The molecule has 0 radical (unpaired) electrons. The number of benzene rings is 1. The summed E-state index contributed by atoms with van der Waals surface area (Å²) in [5, 5.41) is 11.2. The first kappa shape index (κ1) is 15.6. The first-order valence-corrected chi connectivity index (χ1v) is 7.59. The van der Waals surface area contributed by atoms with Crippen LogP contribution in [-0.4, -0.2) is 36.5 Å². The molecule has 0 unspecified atom stereocenters. The van der Waals surface area contributed by atoms with Crippen molar-refractivity contribution >= 4 is 29.3 Å². The van der Waals surface area contributed by atoms with E-state index >= 15 is 0 Å². The van der Waals surface area contributed by atoms with Gasteiger partial charge in [-0.1, -0.05) is 23.7 Å². The summed E-state index contributed by atoms with van der Waals surface area (Å²) in [6.45, 7) is 5.96. The maximum Gasteiger partial charge on any atom is 0.328 e. The van der Waals surface area contributed by atoms with E-state index in [-0.39, 0.29) is 12.0 Å². The third-order valence-electron chi connectivity index (χ3n) is 3.67. The van der Waals surface area contributed by atoms with Crippen molar-refractivity contribution in [3.8, 4) is 0 Å². The number of anilines is 1. The molecule has 21 heavy (non-hydrogen) atoms. The van der Waals surface area contributed by atoms with Crippen molar-refractivity contribution in [3.05, 3.63) is 28.8 Å². The van der Waals surface area contributed by atoms with Crippen molar-refractivity contribution in [3.63, 3.8) is 0 Å². The van der Waals surface area contributed by atoms with Crippen molar-refractivity contribution in [1.82, 2.24) is 10.2 Å². The van der Waals surface area contributed by atoms with Crippen LogP contribution >= 0.6 is 11.6 Å². The van der Waals surface area contributed by atoms with E-state index in [9.17, 15) is 4.79 Å². The minimum atomic E-state index is -0.314. The molecule has 0 bridgehead atoms. The van der Waals surface area contributed by atoms with Gasteiger partial charge in [-0.3, -0.25) is 15.6 Å². The Hall–Kier alpha value is -1.75. The molecule has 6 heteroatoms. The van der Waals surface area contributed by atoms with Gasteiger partial charge in [-0.05, 0) is 38.3 Å². The number of halogens is 1. The first-order chi connectivity index (χ1) is 10.0. The van der Waals surface area contributed by atoms with E-state index in [1.165, 1.54) is 0 Å². The Morgan fingerprint density at radius 3 is 2.67 bits per heavy atom. The summed E-state index contributed by atoms with van der Waals surface area (Å²) in [5.74, 6) is 0.167. The highest BCUT2D eigenvalue weighted by Crippen LogP contribution is 2.29. The van der Waals surface area contributed by atoms with Crippen molar-refractivity contribution in [2.75, 3.05) is 24.5 Å². The molecule has 1 saturated heterocycles. The summed E-state index contributed by atoms with van der Waals surface area (Å²) in [7, 11) is 0. The highest BCUT2D eigenvalue weighted by molar-refractivity contribution is 6.34. The van der Waals surface area contributed by atoms with Gasteiger partial charge in [-0.15, -0.1) is 0 Å². The van der Waals surface area contributed by atoms with Gasteiger partial charge < -0.3 is 4.90 Å². The van der Waals surface area contributed by atoms with Crippen LogP contribution in [0.25, 0.3) is 0 Å². The van der Waals surface area contributed by atoms with Crippen LogP contribution < -0.4 is 10.2 Å². The molecular weight excluding hydrogens is 288 g/mol. The maximum atomic E-state index is 12.4. The molecule has 2 amide bonds. The van der Waals surface area contributed by atoms with E-state index in [0.717, 1.165) is 31.5 Å². The second kappa shape index (κ2) is 6.80. The molecule has 0 saturated carbocycles. The Morgan fingerprint density at radius 1 is 1.43 bits per heavy atom. The van der Waals surface area contributed by atoms with Gasteiger partial charge in [0.25, 0.3) is 0 Å². The normalized spacial score (nSPS) is 14.1. The lowest BCUT2D eigenvalue weighted by Gasteiger charge is -2.26. The molecule has 2 N–H and O–H groups in total. The minimum absolute atomic E-state index is 0.167. The number of rotatable bonds is 2. The highest BCUT2D eigenvalue weighted by Gasteiger charge is 2.22. The van der Waals surface area contributed by atoms with E-state index in [4.69, 9.17) is 17.0 Å². The van der Waals surface area contributed by atoms with Gasteiger partial charge in [-0.2, -0.15) is 0 Å². The molecule has 0 atom stereocenters. The van der Waals surface area contributed by atoms with E-state index in [1.54, 1.807) is 11.0 Å². The fourth-order valence-electron chi connectivity index (χ4n) is 2.56. The molecule has 5 nitrogen and oxygen atoms in total. The Bertz CT molecular complexity index is 520. The zero-order chi connectivity index (χ0) is 15.4. The van der Waals surface area contributed by atoms with Gasteiger partial charge in [0.15, 0.2) is 5.96 Å². The summed E-state index contributed by atoms with van der Waals surface area (Å²) < 4.78 is 0. The SMILES string of the molecule is CCN(C(=O)NC(=N)N1CCCC1)c1c(C)cccc1Cl. The van der Waals surface area contributed by atoms with Crippen LogP contribution in [0, 0.1) is 12.3 Å². The Balaban J connectivity index is 2.13. The fraction of sp³-hybridized carbons (Fsp3) is 0.467. The van der Waals surface area contributed by atoms with Gasteiger partial charge in [0.2, 0.25) is 0 Å². The van der Waals surface area contributed by atoms with Crippen LogP contribution in [-0.2, 0) is 0 Å². The largest absolute Gasteiger partial charge is 0.343 e. The number of nitrogens with zero attached hydrogens (tertiary/aromatic N) is 2. The number of amides is 2. The van der Waals surface area contributed by atoms with Crippen LogP contribution in [0.5, 0.6) is 0 Å². The lowest BCUT2D eigenvalue weighted by atomic mass is 10.2. The standard InChI is InChI=1S/C15H21ClN4O/c1-3-20(13-11(2)7-6-8-12(13)16)15(21)18-14(17)19-9-4-5-10-19/h6-8H,3-5,9-10H2,1-2H3,(H2,17,18,21). The maximum absolute atomic E-state index is 12.4. The molecule has 1 aromatic carbocycles. The van der Waals surface area contributed by atoms with Crippen LogP contribution in [0.15, 0.2) is 18.2 Å². The summed E-state index contributed by atoms with van der Waals surface area (Å²) in [4.78, 5) is 15.9. The lowest BCUT2D eigenvalue weighted by Crippen LogP contribution is -2.48. The Kier molecular flexibility index (Phi) is 5.07. The number of likely N-dealkylation sites (tertiary alicyclic amines) is 1. The summed E-state index contributed by atoms with van der Waals surface area (Å²) in [6, 6.07) is 5.24. The zero-order valence-corrected chi connectivity index (χ0v) is 13.2. The molecule has 0 spiro atoms. The molecule has 2 rings (SSSR count). The molecular formula is C15H21ClN4O. The third kappa shape index (κ3) is 3.47. The predicted molar refractivity (Wildman–Crippen MR) is 86.3 cm³/mol. The predicted octanol–water partition coefficient (Wildman–Crippen LogP) is 3.21. The van der Waals surface area contributed by atoms with E-state index in [1.807, 2.05) is 30.9 Å². The molecule has 0 aliphatic carbocycles.